The lowest BCUT2D eigenvalue weighted by Gasteiger charge is -2.08. The summed E-state index contributed by atoms with van der Waals surface area (Å²) in [5, 5.41) is 4.62. The smallest absolute Gasteiger partial charge is 0.337 e. The third kappa shape index (κ3) is 5.10. The van der Waals surface area contributed by atoms with Crippen molar-refractivity contribution >= 4 is 29.2 Å². The van der Waals surface area contributed by atoms with Crippen LogP contribution in [0.15, 0.2) is 42.5 Å². The average molecular weight is 348 g/mol. The fourth-order valence-corrected chi connectivity index (χ4v) is 1.98. The van der Waals surface area contributed by atoms with Crippen LogP contribution in [0.3, 0.4) is 0 Å². The molecule has 2 amide bonds. The van der Waals surface area contributed by atoms with Gasteiger partial charge >= 0.3 is 5.97 Å². The Balaban J connectivity index is 1.95. The van der Waals surface area contributed by atoms with Crippen molar-refractivity contribution in [1.82, 2.24) is 0 Å². The number of amides is 2. The lowest BCUT2D eigenvalue weighted by Crippen LogP contribution is -2.22. The van der Waals surface area contributed by atoms with Gasteiger partial charge in [0.05, 0.1) is 18.4 Å². The molecule has 8 heteroatoms. The normalized spacial score (nSPS) is 10.0. The van der Waals surface area contributed by atoms with Crippen molar-refractivity contribution in [3.63, 3.8) is 0 Å². The van der Waals surface area contributed by atoms with Crippen LogP contribution in [0.1, 0.15) is 16.8 Å². The first-order valence-corrected chi connectivity index (χ1v) is 7.12. The maximum absolute atomic E-state index is 13.4. The highest BCUT2D eigenvalue weighted by molar-refractivity contribution is 6.08. The molecular weight excluding hydrogens is 334 g/mol. The molecule has 2 aromatic carbocycles. The zero-order chi connectivity index (χ0) is 18.4. The van der Waals surface area contributed by atoms with Gasteiger partial charge in [-0.3, -0.25) is 9.59 Å². The fourth-order valence-electron chi connectivity index (χ4n) is 1.98. The van der Waals surface area contributed by atoms with E-state index in [1.54, 1.807) is 0 Å². The molecule has 0 aromatic heterocycles. The van der Waals surface area contributed by atoms with Gasteiger partial charge in [-0.15, -0.1) is 0 Å². The Hall–Kier alpha value is -3.29. The van der Waals surface area contributed by atoms with Gasteiger partial charge in [-0.2, -0.15) is 0 Å². The van der Waals surface area contributed by atoms with Gasteiger partial charge in [-0.25, -0.2) is 13.6 Å². The summed E-state index contributed by atoms with van der Waals surface area (Å²) in [7, 11) is 1.23. The Morgan fingerprint density at radius 2 is 1.72 bits per heavy atom. The van der Waals surface area contributed by atoms with Crippen LogP contribution in [0.4, 0.5) is 20.2 Å². The molecule has 2 aromatic rings. The van der Waals surface area contributed by atoms with E-state index in [0.29, 0.717) is 11.8 Å². The predicted molar refractivity (Wildman–Crippen MR) is 86.0 cm³/mol. The second kappa shape index (κ2) is 8.00. The Morgan fingerprint density at radius 1 is 1.00 bits per heavy atom. The first-order valence-electron chi connectivity index (χ1n) is 7.12. The second-order valence-corrected chi connectivity index (χ2v) is 4.97. The third-order valence-corrected chi connectivity index (χ3v) is 3.09. The Bertz CT molecular complexity index is 824. The summed E-state index contributed by atoms with van der Waals surface area (Å²) in [5.74, 6) is -3.73. The summed E-state index contributed by atoms with van der Waals surface area (Å²) >= 11 is 0. The lowest BCUT2D eigenvalue weighted by molar-refractivity contribution is -0.123. The maximum Gasteiger partial charge on any atom is 0.337 e. The largest absolute Gasteiger partial charge is 0.465 e. The molecule has 0 unspecified atom stereocenters. The molecular formula is C17H14F2N2O4. The van der Waals surface area contributed by atoms with Crippen LogP contribution in [0.25, 0.3) is 0 Å². The number of carbonyl (C=O) groups is 3. The van der Waals surface area contributed by atoms with Crippen molar-refractivity contribution in [3.8, 4) is 0 Å². The predicted octanol–water partition coefficient (Wildman–Crippen LogP) is 2.72. The van der Waals surface area contributed by atoms with Crippen molar-refractivity contribution < 1.29 is 27.9 Å². The van der Waals surface area contributed by atoms with Crippen molar-refractivity contribution in [2.24, 2.45) is 0 Å². The number of hydrogen-bond acceptors (Lipinski definition) is 4. The number of ether oxygens (including phenoxy) is 1. The number of esters is 1. The minimum absolute atomic E-state index is 0.230. The van der Waals surface area contributed by atoms with Gasteiger partial charge in [0.1, 0.15) is 18.1 Å². The zero-order valence-electron chi connectivity index (χ0n) is 13.1. The van der Waals surface area contributed by atoms with Crippen LogP contribution in [-0.4, -0.2) is 24.9 Å². The SMILES string of the molecule is COC(=O)c1cccc(NC(=O)CC(=O)Nc2ccc(F)cc2F)c1. The molecule has 130 valence electrons. The third-order valence-electron chi connectivity index (χ3n) is 3.09. The highest BCUT2D eigenvalue weighted by atomic mass is 19.1. The van der Waals surface area contributed by atoms with E-state index in [0.717, 1.165) is 12.1 Å². The van der Waals surface area contributed by atoms with Gasteiger partial charge in [0.2, 0.25) is 11.8 Å². The van der Waals surface area contributed by atoms with E-state index < -0.39 is 35.8 Å². The quantitative estimate of drug-likeness (QED) is 0.643. The Kier molecular flexibility index (Phi) is 5.78. The number of methoxy groups -OCH3 is 1. The lowest BCUT2D eigenvalue weighted by atomic mass is 10.2. The number of benzene rings is 2. The molecule has 0 aliphatic rings. The molecule has 0 atom stereocenters. The second-order valence-electron chi connectivity index (χ2n) is 4.97. The van der Waals surface area contributed by atoms with E-state index in [1.807, 2.05) is 0 Å². The van der Waals surface area contributed by atoms with Gasteiger partial charge in [0.15, 0.2) is 0 Å². The summed E-state index contributed by atoms with van der Waals surface area (Å²) < 4.78 is 30.8. The number of nitrogens with one attached hydrogen (secondary N) is 2. The average Bonchev–Trinajstić information content (AvgIpc) is 2.56. The van der Waals surface area contributed by atoms with E-state index in [1.165, 1.54) is 31.4 Å². The molecule has 2 N–H and O–H groups in total. The molecule has 2 rings (SSSR count). The molecule has 0 saturated heterocycles. The van der Waals surface area contributed by atoms with Crippen LogP contribution in [0, 0.1) is 11.6 Å². The summed E-state index contributed by atoms with van der Waals surface area (Å²) in [6, 6.07) is 8.62. The van der Waals surface area contributed by atoms with Gasteiger partial charge in [-0.05, 0) is 30.3 Å². The first kappa shape index (κ1) is 18.1. The van der Waals surface area contributed by atoms with Gasteiger partial charge in [0, 0.05) is 11.8 Å². The summed E-state index contributed by atoms with van der Waals surface area (Å²) in [4.78, 5) is 35.1. The number of hydrogen-bond donors (Lipinski definition) is 2. The van der Waals surface area contributed by atoms with E-state index in [2.05, 4.69) is 15.4 Å². The minimum atomic E-state index is -0.945. The standard InChI is InChI=1S/C17H14F2N2O4/c1-25-17(24)10-3-2-4-12(7-10)20-15(22)9-16(23)21-14-6-5-11(18)8-13(14)19/h2-8H,9H2,1H3,(H,20,22)(H,21,23). The fraction of sp³-hybridized carbons (Fsp3) is 0.118. The van der Waals surface area contributed by atoms with Crippen LogP contribution in [0.2, 0.25) is 0 Å². The van der Waals surface area contributed by atoms with Gasteiger partial charge < -0.3 is 15.4 Å². The van der Waals surface area contributed by atoms with Crippen LogP contribution in [-0.2, 0) is 14.3 Å². The van der Waals surface area contributed by atoms with E-state index in [-0.39, 0.29) is 11.3 Å². The molecule has 25 heavy (non-hydrogen) atoms. The van der Waals surface area contributed by atoms with Crippen LogP contribution < -0.4 is 10.6 Å². The monoisotopic (exact) mass is 348 g/mol. The highest BCUT2D eigenvalue weighted by Crippen LogP contribution is 2.16. The Morgan fingerprint density at radius 3 is 2.40 bits per heavy atom. The number of rotatable bonds is 5. The van der Waals surface area contributed by atoms with E-state index >= 15 is 0 Å². The topological polar surface area (TPSA) is 84.5 Å². The van der Waals surface area contributed by atoms with Crippen molar-refractivity contribution in [2.45, 2.75) is 6.42 Å². The number of carbonyl (C=O) groups excluding carboxylic acids is 3. The van der Waals surface area contributed by atoms with E-state index in [9.17, 15) is 23.2 Å². The molecule has 0 fully saturated rings. The number of anilines is 2. The zero-order valence-corrected chi connectivity index (χ0v) is 13.1. The van der Waals surface area contributed by atoms with Crippen molar-refractivity contribution in [2.75, 3.05) is 17.7 Å². The summed E-state index contributed by atoms with van der Waals surface area (Å²) in [5.41, 5.74) is 0.304. The number of halogens is 2. The summed E-state index contributed by atoms with van der Waals surface area (Å²) in [6.45, 7) is 0. The van der Waals surface area contributed by atoms with Crippen molar-refractivity contribution in [1.29, 1.82) is 0 Å². The van der Waals surface area contributed by atoms with E-state index in [4.69, 9.17) is 0 Å². The minimum Gasteiger partial charge on any atom is -0.465 e. The molecule has 0 bridgehead atoms. The van der Waals surface area contributed by atoms with Crippen LogP contribution >= 0.6 is 0 Å². The molecule has 0 aliphatic carbocycles. The molecule has 0 spiro atoms. The molecule has 0 saturated carbocycles. The van der Waals surface area contributed by atoms with Gasteiger partial charge in [0.25, 0.3) is 0 Å². The molecule has 6 nitrogen and oxygen atoms in total. The first-order chi connectivity index (χ1) is 11.9. The summed E-state index contributed by atoms with van der Waals surface area (Å²) in [6.07, 6.45) is -0.584. The maximum atomic E-state index is 13.4. The molecule has 0 aliphatic heterocycles. The van der Waals surface area contributed by atoms with Crippen LogP contribution in [0.5, 0.6) is 0 Å². The molecule has 0 heterocycles. The highest BCUT2D eigenvalue weighted by Gasteiger charge is 2.13. The molecule has 0 radical (unpaired) electrons. The van der Waals surface area contributed by atoms with Crippen molar-refractivity contribution in [3.05, 3.63) is 59.7 Å². The Labute approximate surface area is 141 Å². The van der Waals surface area contributed by atoms with Gasteiger partial charge in [-0.1, -0.05) is 6.07 Å².